The molecule has 0 radical (unpaired) electrons. The van der Waals surface area contributed by atoms with Gasteiger partial charge >= 0.3 is 127 Å². The molecule has 1 aromatic carbocycles. The average molecular weight is 630 g/mol. The molecule has 68 valence electrons. The Kier molecular flexibility index (Phi) is 4.85. The Bertz CT molecular complexity index is 254. The van der Waals surface area contributed by atoms with E-state index in [1.165, 1.54) is 11.7 Å². The second kappa shape index (κ2) is 4.61. The molecule has 1 aromatic rings. The predicted octanol–water partition coefficient (Wildman–Crippen LogP) is 6.14. The summed E-state index contributed by atoms with van der Waals surface area (Å²) < 4.78 is -1.47. The zero-order valence-electron chi connectivity index (χ0n) is 6.05. The van der Waals surface area contributed by atoms with Gasteiger partial charge in [-0.25, -0.2) is 0 Å². The Labute approximate surface area is 125 Å². The standard InChI is InChI=1S/C7H7I4P/c8-12(9,10,11)6-7-4-2-1-3-5-7/h1-5H,6H2. The van der Waals surface area contributed by atoms with E-state index >= 15 is 0 Å². The van der Waals surface area contributed by atoms with Crippen molar-refractivity contribution >= 4 is 85.3 Å². The Balaban J connectivity index is 2.79. The third-order valence-electron chi connectivity index (χ3n) is 1.26. The van der Waals surface area contributed by atoms with Crippen LogP contribution in [-0.4, -0.2) is 0 Å². The molecular weight excluding hydrogens is 623 g/mol. The Morgan fingerprint density at radius 1 is 0.917 bits per heavy atom. The van der Waals surface area contributed by atoms with Gasteiger partial charge in [0, 0.05) is 0 Å². The molecule has 0 fully saturated rings. The number of hydrogen-bond acceptors (Lipinski definition) is 0. The van der Waals surface area contributed by atoms with Gasteiger partial charge in [-0.05, 0) is 0 Å². The van der Waals surface area contributed by atoms with Gasteiger partial charge in [0.2, 0.25) is 0 Å². The van der Waals surface area contributed by atoms with Crippen molar-refractivity contribution in [2.24, 2.45) is 0 Å². The van der Waals surface area contributed by atoms with E-state index in [2.05, 4.69) is 118 Å². The van der Waals surface area contributed by atoms with E-state index in [0.717, 1.165) is 0 Å². The molecule has 0 nitrogen and oxygen atoms in total. The maximum atomic E-state index is 2.60. The van der Waals surface area contributed by atoms with Crippen molar-refractivity contribution in [1.82, 2.24) is 0 Å². The molecule has 0 unspecified atom stereocenters. The van der Waals surface area contributed by atoms with Crippen molar-refractivity contribution < 1.29 is 0 Å². The van der Waals surface area contributed by atoms with Crippen LogP contribution in [0.1, 0.15) is 5.56 Å². The van der Waals surface area contributed by atoms with Gasteiger partial charge in [0.25, 0.3) is 0 Å². The summed E-state index contributed by atoms with van der Waals surface area (Å²) in [5.74, 6) is 0. The fourth-order valence-electron chi connectivity index (χ4n) is 0.859. The van der Waals surface area contributed by atoms with Gasteiger partial charge in [0.1, 0.15) is 0 Å². The van der Waals surface area contributed by atoms with Crippen LogP contribution in [0.15, 0.2) is 30.3 Å². The van der Waals surface area contributed by atoms with Gasteiger partial charge in [0.15, 0.2) is 0 Å². The summed E-state index contributed by atoms with van der Waals surface area (Å²) in [6.45, 7) is 0. The van der Waals surface area contributed by atoms with Crippen molar-refractivity contribution in [2.75, 3.05) is 0 Å². The second-order valence-corrected chi connectivity index (χ2v) is 63.3. The van der Waals surface area contributed by atoms with Crippen molar-refractivity contribution in [3.8, 4) is 0 Å². The number of hydrogen-bond donors (Lipinski definition) is 0. The first-order chi connectivity index (χ1) is 5.33. The summed E-state index contributed by atoms with van der Waals surface area (Å²) in [5.41, 5.74) is 1.45. The first-order valence-corrected chi connectivity index (χ1v) is 16.8. The summed E-state index contributed by atoms with van der Waals surface area (Å²) in [7, 11) is 0. The van der Waals surface area contributed by atoms with E-state index in [0.29, 0.717) is 0 Å². The van der Waals surface area contributed by atoms with Crippen LogP contribution in [0.25, 0.3) is 0 Å². The van der Waals surface area contributed by atoms with Gasteiger partial charge in [-0.1, -0.05) is 0 Å². The summed E-state index contributed by atoms with van der Waals surface area (Å²) in [6, 6.07) is 10.7. The number of rotatable bonds is 2. The molecule has 0 aliphatic carbocycles. The van der Waals surface area contributed by atoms with Crippen LogP contribution in [0.5, 0.6) is 0 Å². The Morgan fingerprint density at radius 2 is 1.42 bits per heavy atom. The van der Waals surface area contributed by atoms with Crippen LogP contribution in [0.4, 0.5) is 0 Å². The van der Waals surface area contributed by atoms with Gasteiger partial charge < -0.3 is 0 Å². The first kappa shape index (κ1) is 12.6. The molecule has 0 N–H and O–H groups in total. The molecule has 0 saturated carbocycles. The van der Waals surface area contributed by atoms with E-state index in [9.17, 15) is 0 Å². The van der Waals surface area contributed by atoms with Crippen LogP contribution < -0.4 is 0 Å². The van der Waals surface area contributed by atoms with Crippen LogP contribution in [0.2, 0.25) is 0 Å². The SMILES string of the molecule is IP(I)(I)(I)Cc1ccccc1. The molecule has 0 aliphatic rings. The zero-order valence-corrected chi connectivity index (χ0v) is 15.6. The van der Waals surface area contributed by atoms with Crippen LogP contribution in [-0.2, 0) is 6.16 Å². The average Bonchev–Trinajstić information content (AvgIpc) is 1.83. The topological polar surface area (TPSA) is 0 Å². The molecule has 0 atom stereocenters. The minimum absolute atomic E-state index is 1.20. The minimum atomic E-state index is -1.47. The fourth-order valence-corrected chi connectivity index (χ4v) is 6.35. The monoisotopic (exact) mass is 630 g/mol. The van der Waals surface area contributed by atoms with Crippen molar-refractivity contribution in [2.45, 2.75) is 6.16 Å². The molecule has 0 amide bonds. The van der Waals surface area contributed by atoms with Crippen molar-refractivity contribution in [1.29, 1.82) is 0 Å². The van der Waals surface area contributed by atoms with Crippen LogP contribution in [0, 0.1) is 0 Å². The molecular formula is C7H7I4P. The van der Waals surface area contributed by atoms with Gasteiger partial charge in [-0.15, -0.1) is 0 Å². The predicted molar refractivity (Wildman–Crippen MR) is 93.1 cm³/mol. The normalized spacial score (nSPS) is 15.2. The van der Waals surface area contributed by atoms with E-state index in [1.54, 1.807) is 0 Å². The Morgan fingerprint density at radius 3 is 1.83 bits per heavy atom. The second-order valence-electron chi connectivity index (χ2n) is 2.51. The molecule has 0 aromatic heterocycles. The molecule has 12 heavy (non-hydrogen) atoms. The van der Waals surface area contributed by atoms with Crippen molar-refractivity contribution in [3.05, 3.63) is 35.9 Å². The van der Waals surface area contributed by atoms with E-state index in [1.807, 2.05) is 0 Å². The quantitative estimate of drug-likeness (QED) is 0.273. The molecule has 0 aliphatic heterocycles. The number of halogens is 4. The molecule has 0 bridgehead atoms. The van der Waals surface area contributed by atoms with Crippen LogP contribution >= 0.6 is 85.3 Å². The molecule has 0 saturated heterocycles. The molecule has 1 rings (SSSR count). The fraction of sp³-hybridized carbons (Fsp3) is 0.143. The molecule has 0 spiro atoms. The Hall–Kier alpha value is 2.57. The maximum absolute atomic E-state index is 2.60. The van der Waals surface area contributed by atoms with Crippen LogP contribution in [0.3, 0.4) is 0 Å². The number of benzene rings is 1. The molecule has 0 heterocycles. The summed E-state index contributed by atoms with van der Waals surface area (Å²) in [4.78, 5) is 0. The van der Waals surface area contributed by atoms with E-state index < -0.39 is -2.83 Å². The van der Waals surface area contributed by atoms with E-state index in [-0.39, 0.29) is 0 Å². The van der Waals surface area contributed by atoms with E-state index in [4.69, 9.17) is 0 Å². The van der Waals surface area contributed by atoms with Gasteiger partial charge in [-0.3, -0.25) is 0 Å². The first-order valence-electron chi connectivity index (χ1n) is 3.26. The van der Waals surface area contributed by atoms with Crippen molar-refractivity contribution in [3.63, 3.8) is 0 Å². The third kappa shape index (κ3) is 6.13. The molecule has 5 heteroatoms. The third-order valence-corrected chi connectivity index (χ3v) is 6.20. The summed E-state index contributed by atoms with van der Waals surface area (Å²) in [6.07, 6.45) is 1.20. The summed E-state index contributed by atoms with van der Waals surface area (Å²) >= 11 is 10.4. The van der Waals surface area contributed by atoms with Gasteiger partial charge in [0.05, 0.1) is 0 Å². The summed E-state index contributed by atoms with van der Waals surface area (Å²) in [5, 5.41) is 0. The van der Waals surface area contributed by atoms with Gasteiger partial charge in [-0.2, -0.15) is 0 Å². The zero-order chi connectivity index (χ0) is 9.27.